The minimum Gasteiger partial charge on any atom is -0.493 e. The first-order valence-corrected chi connectivity index (χ1v) is 9.94. The molecule has 1 aliphatic heterocycles. The van der Waals surface area contributed by atoms with Crippen LogP contribution < -0.4 is 14.8 Å². The van der Waals surface area contributed by atoms with Crippen molar-refractivity contribution in [2.24, 2.45) is 10.4 Å². The molecule has 1 saturated carbocycles. The molecule has 27 heavy (non-hydrogen) atoms. The summed E-state index contributed by atoms with van der Waals surface area (Å²) in [6.07, 6.45) is 7.58. The average molecular weight is 487 g/mol. The molecule has 1 N–H and O–H groups in total. The lowest BCUT2D eigenvalue weighted by Gasteiger charge is -2.38. The molecule has 0 radical (unpaired) electrons. The lowest BCUT2D eigenvalue weighted by molar-refractivity contribution is 0.151. The van der Waals surface area contributed by atoms with Gasteiger partial charge in [0, 0.05) is 26.2 Å². The highest BCUT2D eigenvalue weighted by Crippen LogP contribution is 2.47. The second-order valence-electron chi connectivity index (χ2n) is 7.55. The SMILES string of the molecule is CCNC(=NCCCc1ccc(OC)c(OC)c1)N1CCC2(CCC2)C1.I. The quantitative estimate of drug-likeness (QED) is 0.272. The molecule has 0 unspecified atom stereocenters. The van der Waals surface area contributed by atoms with Gasteiger partial charge in [-0.1, -0.05) is 12.5 Å². The Balaban J connectivity index is 0.00000261. The molecule has 6 heteroatoms. The van der Waals surface area contributed by atoms with Gasteiger partial charge < -0.3 is 19.7 Å². The summed E-state index contributed by atoms with van der Waals surface area (Å²) >= 11 is 0. The standard InChI is InChI=1S/C21H33N3O2.HI/c1-4-22-20(24-14-12-21(16-24)10-6-11-21)23-13-5-7-17-8-9-18(25-2)19(15-17)26-3;/h8-9,15H,4-7,10-14,16H2,1-3H3,(H,22,23);1H. The monoisotopic (exact) mass is 487 g/mol. The van der Waals surface area contributed by atoms with Crippen molar-refractivity contribution in [2.45, 2.75) is 45.4 Å². The van der Waals surface area contributed by atoms with Gasteiger partial charge in [-0.05, 0) is 62.1 Å². The van der Waals surface area contributed by atoms with E-state index in [9.17, 15) is 0 Å². The lowest BCUT2D eigenvalue weighted by atomic mass is 9.68. The van der Waals surface area contributed by atoms with Crippen molar-refractivity contribution in [2.75, 3.05) is 40.4 Å². The molecule has 5 nitrogen and oxygen atoms in total. The van der Waals surface area contributed by atoms with E-state index in [2.05, 4.69) is 29.3 Å². The van der Waals surface area contributed by atoms with Crippen LogP contribution in [0.1, 0.15) is 44.6 Å². The predicted molar refractivity (Wildman–Crippen MR) is 122 cm³/mol. The number of benzene rings is 1. The zero-order valence-electron chi connectivity index (χ0n) is 16.9. The predicted octanol–water partition coefficient (Wildman–Crippen LogP) is 4.10. The molecule has 1 aromatic carbocycles. The van der Waals surface area contributed by atoms with Crippen LogP contribution in [0.2, 0.25) is 0 Å². The summed E-state index contributed by atoms with van der Waals surface area (Å²) in [6.45, 7) is 6.27. The van der Waals surface area contributed by atoms with Crippen molar-refractivity contribution >= 4 is 29.9 Å². The number of rotatable bonds is 7. The van der Waals surface area contributed by atoms with Crippen LogP contribution in [0, 0.1) is 5.41 Å². The highest BCUT2D eigenvalue weighted by atomic mass is 127. The van der Waals surface area contributed by atoms with Gasteiger partial charge in [-0.3, -0.25) is 4.99 Å². The molecule has 2 aliphatic rings. The van der Waals surface area contributed by atoms with Crippen LogP contribution in [-0.4, -0.2) is 51.3 Å². The number of aryl methyl sites for hydroxylation is 1. The number of likely N-dealkylation sites (tertiary alicyclic amines) is 1. The van der Waals surface area contributed by atoms with Crippen molar-refractivity contribution in [3.8, 4) is 11.5 Å². The Morgan fingerprint density at radius 2 is 1.96 bits per heavy atom. The van der Waals surface area contributed by atoms with Crippen LogP contribution >= 0.6 is 24.0 Å². The van der Waals surface area contributed by atoms with Crippen LogP contribution in [0.5, 0.6) is 11.5 Å². The Kier molecular flexibility index (Phi) is 8.51. The third-order valence-corrected chi connectivity index (χ3v) is 5.82. The summed E-state index contributed by atoms with van der Waals surface area (Å²) in [7, 11) is 3.35. The van der Waals surface area contributed by atoms with Gasteiger partial charge in [0.1, 0.15) is 0 Å². The molecule has 1 aliphatic carbocycles. The molecule has 0 amide bonds. The zero-order chi connectivity index (χ0) is 18.4. The van der Waals surface area contributed by atoms with Gasteiger partial charge in [0.2, 0.25) is 0 Å². The maximum Gasteiger partial charge on any atom is 0.193 e. The van der Waals surface area contributed by atoms with Crippen molar-refractivity contribution in [3.63, 3.8) is 0 Å². The zero-order valence-corrected chi connectivity index (χ0v) is 19.3. The number of methoxy groups -OCH3 is 2. The molecule has 1 aromatic rings. The first-order valence-electron chi connectivity index (χ1n) is 9.94. The van der Waals surface area contributed by atoms with Crippen molar-refractivity contribution in [1.29, 1.82) is 0 Å². The average Bonchev–Trinajstić information content (AvgIpc) is 3.10. The number of guanidine groups is 1. The summed E-state index contributed by atoms with van der Waals surface area (Å²) in [6, 6.07) is 6.15. The van der Waals surface area contributed by atoms with E-state index >= 15 is 0 Å². The van der Waals surface area contributed by atoms with Gasteiger partial charge in [0.05, 0.1) is 14.2 Å². The van der Waals surface area contributed by atoms with Crippen LogP contribution in [0.3, 0.4) is 0 Å². The Labute approximate surface area is 180 Å². The fraction of sp³-hybridized carbons (Fsp3) is 0.667. The van der Waals surface area contributed by atoms with E-state index in [-0.39, 0.29) is 24.0 Å². The number of halogens is 1. The number of hydrogen-bond donors (Lipinski definition) is 1. The second kappa shape index (κ2) is 10.4. The molecule has 3 rings (SSSR count). The molecular formula is C21H34IN3O2. The maximum atomic E-state index is 5.39. The van der Waals surface area contributed by atoms with Gasteiger partial charge in [-0.25, -0.2) is 0 Å². The van der Waals surface area contributed by atoms with Crippen molar-refractivity contribution in [3.05, 3.63) is 23.8 Å². The summed E-state index contributed by atoms with van der Waals surface area (Å²) in [5, 5.41) is 3.48. The molecule has 0 atom stereocenters. The Hall–Kier alpha value is -1.18. The van der Waals surface area contributed by atoms with E-state index in [4.69, 9.17) is 14.5 Å². The van der Waals surface area contributed by atoms with Gasteiger partial charge in [0.15, 0.2) is 17.5 Å². The largest absolute Gasteiger partial charge is 0.493 e. The summed E-state index contributed by atoms with van der Waals surface area (Å²) in [5.74, 6) is 2.68. The third kappa shape index (κ3) is 5.42. The molecular weight excluding hydrogens is 453 g/mol. The van der Waals surface area contributed by atoms with Crippen LogP contribution in [0.25, 0.3) is 0 Å². The van der Waals surface area contributed by atoms with Gasteiger partial charge in [0.25, 0.3) is 0 Å². The minimum atomic E-state index is 0. The van der Waals surface area contributed by atoms with E-state index in [1.807, 2.05) is 6.07 Å². The van der Waals surface area contributed by atoms with Crippen molar-refractivity contribution in [1.82, 2.24) is 10.2 Å². The molecule has 152 valence electrons. The van der Waals surface area contributed by atoms with E-state index in [0.29, 0.717) is 5.41 Å². The van der Waals surface area contributed by atoms with E-state index < -0.39 is 0 Å². The number of ether oxygens (including phenoxy) is 2. The fourth-order valence-corrected chi connectivity index (χ4v) is 4.13. The Morgan fingerprint density at radius 3 is 2.56 bits per heavy atom. The molecule has 1 heterocycles. The van der Waals surface area contributed by atoms with E-state index in [1.165, 1.54) is 37.8 Å². The highest BCUT2D eigenvalue weighted by molar-refractivity contribution is 14.0. The number of nitrogens with zero attached hydrogens (tertiary/aromatic N) is 2. The molecule has 2 fully saturated rings. The topological polar surface area (TPSA) is 46.1 Å². The summed E-state index contributed by atoms with van der Waals surface area (Å²) < 4.78 is 10.7. The minimum absolute atomic E-state index is 0. The highest BCUT2D eigenvalue weighted by Gasteiger charge is 2.43. The maximum absolute atomic E-state index is 5.39. The molecule has 0 aromatic heterocycles. The molecule has 0 bridgehead atoms. The number of nitrogens with one attached hydrogen (secondary N) is 1. The normalized spacial score (nSPS) is 18.0. The first-order chi connectivity index (χ1) is 12.7. The van der Waals surface area contributed by atoms with Gasteiger partial charge in [-0.2, -0.15) is 0 Å². The van der Waals surface area contributed by atoms with Gasteiger partial charge >= 0.3 is 0 Å². The van der Waals surface area contributed by atoms with Crippen LogP contribution in [0.15, 0.2) is 23.2 Å². The molecule has 1 spiro atoms. The van der Waals surface area contributed by atoms with Gasteiger partial charge in [-0.15, -0.1) is 24.0 Å². The lowest BCUT2D eigenvalue weighted by Crippen LogP contribution is -2.42. The van der Waals surface area contributed by atoms with Crippen LogP contribution in [-0.2, 0) is 6.42 Å². The number of aliphatic imine (C=N–C) groups is 1. The third-order valence-electron chi connectivity index (χ3n) is 5.82. The van der Waals surface area contributed by atoms with Crippen molar-refractivity contribution < 1.29 is 9.47 Å². The Morgan fingerprint density at radius 1 is 1.19 bits per heavy atom. The Bertz CT molecular complexity index is 632. The smallest absolute Gasteiger partial charge is 0.193 e. The summed E-state index contributed by atoms with van der Waals surface area (Å²) in [5.41, 5.74) is 1.87. The second-order valence-corrected chi connectivity index (χ2v) is 7.55. The fourth-order valence-electron chi connectivity index (χ4n) is 4.13. The van der Waals surface area contributed by atoms with Crippen LogP contribution in [0.4, 0.5) is 0 Å². The number of hydrogen-bond acceptors (Lipinski definition) is 3. The molecule has 1 saturated heterocycles. The summed E-state index contributed by atoms with van der Waals surface area (Å²) in [4.78, 5) is 7.36. The van der Waals surface area contributed by atoms with E-state index in [1.54, 1.807) is 14.2 Å². The van der Waals surface area contributed by atoms with E-state index in [0.717, 1.165) is 49.9 Å². The first kappa shape index (κ1) is 22.1.